The summed E-state index contributed by atoms with van der Waals surface area (Å²) in [7, 11) is 1.63. The first-order chi connectivity index (χ1) is 17.1. The lowest BCUT2D eigenvalue weighted by Gasteiger charge is -2.28. The van der Waals surface area contributed by atoms with Gasteiger partial charge in [0.05, 0.1) is 6.61 Å². The Bertz CT molecular complexity index is 1090. The highest BCUT2D eigenvalue weighted by Gasteiger charge is 2.24. The molecule has 1 heterocycles. The second-order valence-electron chi connectivity index (χ2n) is 9.00. The van der Waals surface area contributed by atoms with Crippen LogP contribution >= 0.6 is 11.3 Å². The molecule has 1 fully saturated rings. The van der Waals surface area contributed by atoms with Crippen molar-refractivity contribution in [3.63, 3.8) is 0 Å². The van der Waals surface area contributed by atoms with Crippen molar-refractivity contribution in [1.29, 1.82) is 0 Å². The number of benzene rings is 2. The van der Waals surface area contributed by atoms with Crippen LogP contribution < -0.4 is 10.6 Å². The van der Waals surface area contributed by atoms with E-state index in [-0.39, 0.29) is 11.8 Å². The highest BCUT2D eigenvalue weighted by Crippen LogP contribution is 2.37. The molecule has 0 spiro atoms. The summed E-state index contributed by atoms with van der Waals surface area (Å²) in [5.74, 6) is 0.854. The van der Waals surface area contributed by atoms with Gasteiger partial charge in [-0.05, 0) is 60.8 Å². The van der Waals surface area contributed by atoms with Crippen LogP contribution in [0.1, 0.15) is 64.5 Å². The van der Waals surface area contributed by atoms with E-state index < -0.39 is 0 Å². The molecule has 0 saturated heterocycles. The molecule has 0 aliphatic heterocycles. The Morgan fingerprint density at radius 2 is 1.74 bits per heavy atom. The van der Waals surface area contributed by atoms with Crippen LogP contribution in [0.25, 0.3) is 0 Å². The molecule has 35 heavy (non-hydrogen) atoms. The van der Waals surface area contributed by atoms with Gasteiger partial charge >= 0.3 is 0 Å². The van der Waals surface area contributed by atoms with Gasteiger partial charge in [0.25, 0.3) is 5.91 Å². The van der Waals surface area contributed by atoms with E-state index in [1.54, 1.807) is 7.11 Å². The maximum Gasteiger partial charge on any atom is 0.257 e. The van der Waals surface area contributed by atoms with E-state index in [1.165, 1.54) is 16.9 Å². The first-order valence-corrected chi connectivity index (χ1v) is 13.0. The van der Waals surface area contributed by atoms with Gasteiger partial charge in [-0.1, -0.05) is 53.8 Å². The number of anilines is 1. The molecular formula is C27H32N4O3S. The summed E-state index contributed by atoms with van der Waals surface area (Å²) in [4.78, 5) is 24.7. The lowest BCUT2D eigenvalue weighted by molar-refractivity contribution is -0.122. The molecule has 4 rings (SSSR count). The van der Waals surface area contributed by atoms with Crippen molar-refractivity contribution in [2.45, 2.75) is 44.4 Å². The van der Waals surface area contributed by atoms with E-state index in [0.29, 0.717) is 48.5 Å². The number of rotatable bonds is 10. The molecule has 0 atom stereocenters. The Kier molecular flexibility index (Phi) is 8.97. The van der Waals surface area contributed by atoms with Crippen molar-refractivity contribution in [2.75, 3.05) is 25.6 Å². The van der Waals surface area contributed by atoms with Crippen LogP contribution in [-0.2, 0) is 16.0 Å². The first-order valence-electron chi connectivity index (χ1n) is 12.1. The van der Waals surface area contributed by atoms with Crippen LogP contribution in [0.5, 0.6) is 0 Å². The van der Waals surface area contributed by atoms with Gasteiger partial charge in [-0.15, -0.1) is 10.2 Å². The summed E-state index contributed by atoms with van der Waals surface area (Å²) in [6.07, 6.45) is 5.52. The fourth-order valence-electron chi connectivity index (χ4n) is 4.55. The molecule has 2 amide bonds. The second kappa shape index (κ2) is 12.6. The minimum atomic E-state index is -0.179. The van der Waals surface area contributed by atoms with Gasteiger partial charge in [-0.3, -0.25) is 14.9 Å². The average Bonchev–Trinajstić information content (AvgIpc) is 3.32. The third-order valence-corrected chi connectivity index (χ3v) is 7.32. The fraction of sp³-hybridized carbons (Fsp3) is 0.407. The van der Waals surface area contributed by atoms with Gasteiger partial charge in [0.15, 0.2) is 0 Å². The molecule has 0 bridgehead atoms. The van der Waals surface area contributed by atoms with Gasteiger partial charge in [-0.2, -0.15) is 0 Å². The van der Waals surface area contributed by atoms with Crippen LogP contribution in [0.2, 0.25) is 0 Å². The maximum atomic E-state index is 12.7. The van der Waals surface area contributed by atoms with Gasteiger partial charge in [0, 0.05) is 32.1 Å². The Balaban J connectivity index is 1.24. The van der Waals surface area contributed by atoms with E-state index in [2.05, 4.69) is 45.1 Å². The number of amides is 2. The Hall–Kier alpha value is -3.10. The molecule has 1 aromatic heterocycles. The molecule has 2 aromatic carbocycles. The topological polar surface area (TPSA) is 93.2 Å². The van der Waals surface area contributed by atoms with E-state index in [1.807, 2.05) is 30.3 Å². The lowest BCUT2D eigenvalue weighted by Crippen LogP contribution is -2.29. The summed E-state index contributed by atoms with van der Waals surface area (Å²) in [6.45, 7) is 1.11. The molecule has 7 nitrogen and oxygen atoms in total. The summed E-state index contributed by atoms with van der Waals surface area (Å²) in [5.41, 5.74) is 3.03. The van der Waals surface area contributed by atoms with Crippen molar-refractivity contribution in [3.05, 3.63) is 76.3 Å². The van der Waals surface area contributed by atoms with Crippen molar-refractivity contribution < 1.29 is 14.3 Å². The molecule has 184 valence electrons. The molecule has 3 aromatic rings. The monoisotopic (exact) mass is 492 g/mol. The van der Waals surface area contributed by atoms with Gasteiger partial charge < -0.3 is 10.1 Å². The molecule has 2 N–H and O–H groups in total. The second-order valence-corrected chi connectivity index (χ2v) is 10.1. The number of methoxy groups -OCH3 is 1. The van der Waals surface area contributed by atoms with E-state index in [4.69, 9.17) is 4.74 Å². The number of hydrogen-bond donors (Lipinski definition) is 2. The quantitative estimate of drug-likeness (QED) is 0.396. The number of hydrogen-bond acceptors (Lipinski definition) is 6. The van der Waals surface area contributed by atoms with Gasteiger partial charge in [-0.25, -0.2) is 0 Å². The van der Waals surface area contributed by atoms with Crippen LogP contribution in [0, 0.1) is 5.92 Å². The number of ether oxygens (including phenoxy) is 1. The third-order valence-electron chi connectivity index (χ3n) is 6.48. The Morgan fingerprint density at radius 3 is 2.46 bits per heavy atom. The summed E-state index contributed by atoms with van der Waals surface area (Å²) in [6, 6.07) is 18.0. The molecule has 8 heteroatoms. The van der Waals surface area contributed by atoms with E-state index in [0.717, 1.165) is 36.3 Å². The van der Waals surface area contributed by atoms with Crippen molar-refractivity contribution >= 4 is 28.3 Å². The zero-order valence-electron chi connectivity index (χ0n) is 20.0. The van der Waals surface area contributed by atoms with Crippen molar-refractivity contribution in [3.8, 4) is 0 Å². The molecular weight excluding hydrogens is 460 g/mol. The summed E-state index contributed by atoms with van der Waals surface area (Å²) < 4.78 is 4.97. The smallest absolute Gasteiger partial charge is 0.257 e. The highest BCUT2D eigenvalue weighted by atomic mass is 32.1. The van der Waals surface area contributed by atoms with Crippen LogP contribution in [-0.4, -0.2) is 42.3 Å². The third kappa shape index (κ3) is 7.44. The largest absolute Gasteiger partial charge is 0.383 e. The minimum absolute atomic E-state index is 0.114. The zero-order chi connectivity index (χ0) is 24.5. The molecule has 0 unspecified atom stereocenters. The normalized spacial score (nSPS) is 17.6. The van der Waals surface area contributed by atoms with Gasteiger partial charge in [0.2, 0.25) is 11.0 Å². The fourth-order valence-corrected chi connectivity index (χ4v) is 5.32. The maximum absolute atomic E-state index is 12.7. The summed E-state index contributed by atoms with van der Waals surface area (Å²) in [5, 5.41) is 15.5. The molecule has 1 saturated carbocycles. The summed E-state index contributed by atoms with van der Waals surface area (Å²) >= 11 is 1.40. The average molecular weight is 493 g/mol. The van der Waals surface area contributed by atoms with Crippen molar-refractivity contribution in [2.24, 2.45) is 5.92 Å². The van der Waals surface area contributed by atoms with E-state index >= 15 is 0 Å². The number of carbonyl (C=O) groups excluding carboxylic acids is 2. The first kappa shape index (κ1) is 25.0. The Morgan fingerprint density at radius 1 is 1.00 bits per heavy atom. The number of aromatic nitrogens is 2. The SMILES string of the molecule is COCCNC(=O)C[C@H]1CC[C@H](c2ccc(C(=O)Nc3nnc(Cc4ccccc4)s3)cc2)CC1. The van der Waals surface area contributed by atoms with Crippen LogP contribution in [0.4, 0.5) is 5.13 Å². The highest BCUT2D eigenvalue weighted by molar-refractivity contribution is 7.15. The molecule has 1 aliphatic carbocycles. The number of carbonyl (C=O) groups is 2. The standard InChI is InChI=1S/C27H32N4O3S/c1-34-16-15-28-24(32)17-20-7-9-21(10-8-20)22-11-13-23(14-12-22)26(33)29-27-31-30-25(35-27)18-19-5-3-2-4-6-19/h2-6,11-14,20-21H,7-10,15-18H2,1H3,(H,28,32)(H,29,31,33)/t20-,21-. The predicted octanol–water partition coefficient (Wildman–Crippen LogP) is 4.81. The minimum Gasteiger partial charge on any atom is -0.383 e. The Labute approximate surface area is 210 Å². The molecule has 1 aliphatic rings. The lowest BCUT2D eigenvalue weighted by atomic mass is 9.77. The number of nitrogens with zero attached hydrogens (tertiary/aromatic N) is 2. The van der Waals surface area contributed by atoms with Gasteiger partial charge in [0.1, 0.15) is 5.01 Å². The molecule has 0 radical (unpaired) electrons. The van der Waals surface area contributed by atoms with Crippen LogP contribution in [0.15, 0.2) is 54.6 Å². The predicted molar refractivity (Wildman–Crippen MR) is 138 cm³/mol. The zero-order valence-corrected chi connectivity index (χ0v) is 20.9. The van der Waals surface area contributed by atoms with Crippen LogP contribution in [0.3, 0.4) is 0 Å². The number of nitrogens with one attached hydrogen (secondary N) is 2. The van der Waals surface area contributed by atoms with Crippen molar-refractivity contribution in [1.82, 2.24) is 15.5 Å². The van der Waals surface area contributed by atoms with E-state index in [9.17, 15) is 9.59 Å².